The number of amides is 1. The molecular weight excluding hydrogens is 443 g/mol. The number of carbonyl (C=O) groups excluding carboxylic acids is 1. The summed E-state index contributed by atoms with van der Waals surface area (Å²) in [5.74, 6) is -3.09. The van der Waals surface area contributed by atoms with Crippen molar-refractivity contribution in [1.29, 1.82) is 0 Å². The van der Waals surface area contributed by atoms with Crippen molar-refractivity contribution in [2.45, 2.75) is 25.1 Å². The van der Waals surface area contributed by atoms with Gasteiger partial charge in [0.15, 0.2) is 6.04 Å². The van der Waals surface area contributed by atoms with Crippen LogP contribution in [0, 0.1) is 0 Å². The van der Waals surface area contributed by atoms with Gasteiger partial charge in [0.25, 0.3) is 0 Å². The summed E-state index contributed by atoms with van der Waals surface area (Å²) in [4.78, 5) is 24.4. The minimum absolute atomic E-state index is 0.526. The van der Waals surface area contributed by atoms with Gasteiger partial charge >= 0.3 is 12.1 Å². The summed E-state index contributed by atoms with van der Waals surface area (Å²) in [6.07, 6.45) is -4.75. The van der Waals surface area contributed by atoms with Gasteiger partial charge in [0.1, 0.15) is 0 Å². The zero-order valence-corrected chi connectivity index (χ0v) is 17.6. The molecule has 166 valence electrons. The fourth-order valence-electron chi connectivity index (χ4n) is 3.34. The number of hydrogen-bond donors (Lipinski definition) is 2. The van der Waals surface area contributed by atoms with E-state index in [0.717, 1.165) is 29.3 Å². The maximum atomic E-state index is 13.3. The van der Waals surface area contributed by atoms with E-state index in [1.54, 1.807) is 37.3 Å². The molecule has 0 heterocycles. The summed E-state index contributed by atoms with van der Waals surface area (Å²) >= 11 is 6.20. The van der Waals surface area contributed by atoms with Crippen LogP contribution >= 0.6 is 11.6 Å². The van der Waals surface area contributed by atoms with Crippen molar-refractivity contribution in [1.82, 2.24) is 5.32 Å². The lowest BCUT2D eigenvalue weighted by molar-refractivity contribution is -0.144. The van der Waals surface area contributed by atoms with Gasteiger partial charge in [-0.25, -0.2) is 4.79 Å². The first-order valence-electron chi connectivity index (χ1n) is 9.63. The standard InChI is InChI=1S/C24H19ClF3NO3/c1-14(15-10-12-16(13-11-15)17-6-3-5-9-20(17)25)22(30)29-21(23(31)32)18-7-2-4-8-19(18)24(26,27)28/h2-14,21H,1H3,(H,29,30)(H,31,32). The topological polar surface area (TPSA) is 66.4 Å². The number of alkyl halides is 3. The van der Waals surface area contributed by atoms with E-state index in [1.807, 2.05) is 18.2 Å². The van der Waals surface area contributed by atoms with Crippen molar-refractivity contribution >= 4 is 23.5 Å². The van der Waals surface area contributed by atoms with E-state index in [-0.39, 0.29) is 0 Å². The molecule has 4 nitrogen and oxygen atoms in total. The highest BCUT2D eigenvalue weighted by atomic mass is 35.5. The minimum Gasteiger partial charge on any atom is -0.479 e. The molecule has 0 aliphatic rings. The fraction of sp³-hybridized carbons (Fsp3) is 0.167. The molecule has 0 bridgehead atoms. The predicted octanol–water partition coefficient (Wildman–Crippen LogP) is 6.07. The summed E-state index contributed by atoms with van der Waals surface area (Å²) in [5, 5.41) is 12.3. The second-order valence-electron chi connectivity index (χ2n) is 7.19. The Morgan fingerprint density at radius 3 is 2.12 bits per heavy atom. The highest BCUT2D eigenvalue weighted by Gasteiger charge is 2.37. The maximum absolute atomic E-state index is 13.3. The lowest BCUT2D eigenvalue weighted by Crippen LogP contribution is -2.37. The SMILES string of the molecule is CC(C(=O)NC(C(=O)O)c1ccccc1C(F)(F)F)c1ccc(-c2ccccc2Cl)cc1. The molecular formula is C24H19ClF3NO3. The molecule has 3 aromatic rings. The molecule has 3 aromatic carbocycles. The van der Waals surface area contributed by atoms with Crippen molar-refractivity contribution in [2.24, 2.45) is 0 Å². The number of benzene rings is 3. The van der Waals surface area contributed by atoms with Crippen LogP contribution < -0.4 is 5.32 Å². The number of rotatable bonds is 6. The monoisotopic (exact) mass is 461 g/mol. The predicted molar refractivity (Wildman–Crippen MR) is 115 cm³/mol. The Morgan fingerprint density at radius 2 is 1.53 bits per heavy atom. The Balaban J connectivity index is 1.83. The van der Waals surface area contributed by atoms with Crippen LogP contribution in [0.4, 0.5) is 13.2 Å². The van der Waals surface area contributed by atoms with Crippen molar-refractivity contribution in [3.8, 4) is 11.1 Å². The largest absolute Gasteiger partial charge is 0.479 e. The van der Waals surface area contributed by atoms with Gasteiger partial charge < -0.3 is 10.4 Å². The van der Waals surface area contributed by atoms with Gasteiger partial charge in [0, 0.05) is 10.6 Å². The molecule has 32 heavy (non-hydrogen) atoms. The van der Waals surface area contributed by atoms with Crippen LogP contribution in [0.1, 0.15) is 35.6 Å². The second kappa shape index (κ2) is 9.44. The van der Waals surface area contributed by atoms with Crippen molar-refractivity contribution in [3.63, 3.8) is 0 Å². The van der Waals surface area contributed by atoms with Gasteiger partial charge in [0.2, 0.25) is 5.91 Å². The van der Waals surface area contributed by atoms with E-state index in [9.17, 15) is 27.9 Å². The molecule has 2 N–H and O–H groups in total. The molecule has 0 aromatic heterocycles. The van der Waals surface area contributed by atoms with E-state index >= 15 is 0 Å². The maximum Gasteiger partial charge on any atom is 0.416 e. The highest BCUT2D eigenvalue weighted by molar-refractivity contribution is 6.33. The van der Waals surface area contributed by atoms with E-state index in [2.05, 4.69) is 5.32 Å². The Labute approximate surface area is 187 Å². The number of aliphatic carboxylic acids is 1. The number of carboxylic acids is 1. The van der Waals surface area contributed by atoms with Gasteiger partial charge in [0.05, 0.1) is 11.5 Å². The van der Waals surface area contributed by atoms with Crippen LogP contribution in [-0.4, -0.2) is 17.0 Å². The van der Waals surface area contributed by atoms with Gasteiger partial charge in [-0.15, -0.1) is 0 Å². The van der Waals surface area contributed by atoms with Crippen LogP contribution in [0.2, 0.25) is 5.02 Å². The molecule has 3 rings (SSSR count). The average molecular weight is 462 g/mol. The molecule has 0 saturated carbocycles. The van der Waals surface area contributed by atoms with Crippen LogP contribution in [0.25, 0.3) is 11.1 Å². The van der Waals surface area contributed by atoms with E-state index in [4.69, 9.17) is 11.6 Å². The Kier molecular flexibility index (Phi) is 6.89. The smallest absolute Gasteiger partial charge is 0.416 e. The molecule has 0 radical (unpaired) electrons. The van der Waals surface area contributed by atoms with Crippen LogP contribution in [0.15, 0.2) is 72.8 Å². The lowest BCUT2D eigenvalue weighted by atomic mass is 9.95. The third-order valence-electron chi connectivity index (χ3n) is 5.10. The van der Waals surface area contributed by atoms with Gasteiger partial charge in [-0.05, 0) is 35.7 Å². The second-order valence-corrected chi connectivity index (χ2v) is 7.60. The summed E-state index contributed by atoms with van der Waals surface area (Å²) in [6, 6.07) is 16.6. The van der Waals surface area contributed by atoms with E-state index < -0.39 is 41.1 Å². The van der Waals surface area contributed by atoms with Gasteiger partial charge in [-0.3, -0.25) is 4.79 Å². The highest BCUT2D eigenvalue weighted by Crippen LogP contribution is 2.35. The molecule has 1 amide bonds. The van der Waals surface area contributed by atoms with Crippen molar-refractivity contribution in [3.05, 3.63) is 94.5 Å². The van der Waals surface area contributed by atoms with E-state index in [1.165, 1.54) is 6.07 Å². The normalized spacial score (nSPS) is 13.3. The first kappa shape index (κ1) is 23.3. The van der Waals surface area contributed by atoms with Crippen molar-refractivity contribution < 1.29 is 27.9 Å². The number of halogens is 4. The Hall–Kier alpha value is -3.32. The fourth-order valence-corrected chi connectivity index (χ4v) is 3.59. The van der Waals surface area contributed by atoms with E-state index in [0.29, 0.717) is 10.6 Å². The molecule has 0 fully saturated rings. The summed E-state index contributed by atoms with van der Waals surface area (Å²) in [6.45, 7) is 1.55. The molecule has 0 spiro atoms. The minimum atomic E-state index is -4.75. The Bertz CT molecular complexity index is 1130. The average Bonchev–Trinajstić information content (AvgIpc) is 2.76. The number of hydrogen-bond acceptors (Lipinski definition) is 2. The first-order valence-corrected chi connectivity index (χ1v) is 10.0. The quantitative estimate of drug-likeness (QED) is 0.468. The summed E-state index contributed by atoms with van der Waals surface area (Å²) < 4.78 is 40.0. The number of carbonyl (C=O) groups is 2. The lowest BCUT2D eigenvalue weighted by Gasteiger charge is -2.21. The van der Waals surface area contributed by atoms with Crippen LogP contribution in [0.3, 0.4) is 0 Å². The van der Waals surface area contributed by atoms with Crippen molar-refractivity contribution in [2.75, 3.05) is 0 Å². The summed E-state index contributed by atoms with van der Waals surface area (Å²) in [5.41, 5.74) is 0.583. The zero-order chi connectivity index (χ0) is 23.5. The summed E-state index contributed by atoms with van der Waals surface area (Å²) in [7, 11) is 0. The molecule has 2 atom stereocenters. The molecule has 2 unspecified atom stereocenters. The third-order valence-corrected chi connectivity index (χ3v) is 5.43. The van der Waals surface area contributed by atoms with Gasteiger partial charge in [-0.2, -0.15) is 13.2 Å². The Morgan fingerprint density at radius 1 is 0.938 bits per heavy atom. The van der Waals surface area contributed by atoms with Gasteiger partial charge in [-0.1, -0.05) is 72.3 Å². The number of nitrogens with one attached hydrogen (secondary N) is 1. The molecule has 0 saturated heterocycles. The molecule has 0 aliphatic heterocycles. The third kappa shape index (κ3) is 5.11. The number of carboxylic acid groups (broad SMARTS) is 1. The van der Waals surface area contributed by atoms with Crippen LogP contribution in [-0.2, 0) is 15.8 Å². The zero-order valence-electron chi connectivity index (χ0n) is 16.9. The first-order chi connectivity index (χ1) is 15.1. The molecule has 0 aliphatic carbocycles. The molecule has 8 heteroatoms. The van der Waals surface area contributed by atoms with Crippen LogP contribution in [0.5, 0.6) is 0 Å².